The highest BCUT2D eigenvalue weighted by Crippen LogP contribution is 2.24. The first-order valence-electron chi connectivity index (χ1n) is 35.0. The minimum Gasteiger partial charge on any atom is -0.394 e. The maximum absolute atomic E-state index is 13.2. The molecule has 9 atom stereocenters. The SMILES string of the molecule is CCCCCCCCCCCC/C=C/CC/C=C/CCCC(O)C(O)C(COC1OC(CO)C(O)C(O)C1O)NC(=O)C(O)CCCCCCCCCCCCCCCCCC/C=C\C/C=C\CCCCCCCCCCCCCCC. The van der Waals surface area contributed by atoms with Crippen molar-refractivity contribution in [1.82, 2.24) is 5.32 Å². The predicted molar refractivity (Wildman–Crippen MR) is 344 cm³/mol. The van der Waals surface area contributed by atoms with E-state index in [2.05, 4.69) is 67.8 Å². The number of rotatable bonds is 61. The fourth-order valence-electron chi connectivity index (χ4n) is 11.2. The molecule has 1 rings (SSSR count). The molecule has 0 bridgehead atoms. The third-order valence-corrected chi connectivity index (χ3v) is 16.8. The Labute approximate surface area is 504 Å². The van der Waals surface area contributed by atoms with E-state index in [0.29, 0.717) is 19.3 Å². The molecule has 82 heavy (non-hydrogen) atoms. The molecule has 1 amide bonds. The van der Waals surface area contributed by atoms with Gasteiger partial charge in [-0.25, -0.2) is 0 Å². The van der Waals surface area contributed by atoms with Gasteiger partial charge >= 0.3 is 0 Å². The molecular weight excluding hydrogens is 1030 g/mol. The zero-order chi connectivity index (χ0) is 59.6. The first-order chi connectivity index (χ1) is 40.2. The van der Waals surface area contributed by atoms with Crippen molar-refractivity contribution in [1.29, 1.82) is 0 Å². The van der Waals surface area contributed by atoms with Gasteiger partial charge in [0.1, 0.15) is 36.6 Å². The van der Waals surface area contributed by atoms with Gasteiger partial charge in [0.15, 0.2) is 6.29 Å². The number of carbonyl (C=O) groups excluding carboxylic acids is 1. The molecule has 11 heteroatoms. The van der Waals surface area contributed by atoms with Gasteiger partial charge in [-0.1, -0.05) is 294 Å². The number of hydrogen-bond acceptors (Lipinski definition) is 10. The summed E-state index contributed by atoms with van der Waals surface area (Å²) in [6, 6.07) is -1.19. The van der Waals surface area contributed by atoms with E-state index in [1.54, 1.807) is 0 Å². The lowest BCUT2D eigenvalue weighted by molar-refractivity contribution is -0.303. The standard InChI is InChI=1S/C71H133NO10/c1-3-5-7-9-11-13-15-17-19-21-23-24-25-26-27-28-29-30-31-32-33-34-35-36-37-38-39-41-43-45-47-49-51-53-55-57-59-64(75)70(80)72-62(61-81-71-69(79)68(78)67(77)65(60-73)82-71)66(76)63(74)58-56-54-52-50-48-46-44-42-40-22-20-18-16-14-12-10-8-6-4-2/h27-28,30-31,42,44,50,52,62-69,71,73-79H,3-26,29,32-41,43,45-49,51,53-61H2,1-2H3,(H,72,80)/b28-27-,31-30-,44-42+,52-50+. The van der Waals surface area contributed by atoms with Crippen LogP contribution in [0.2, 0.25) is 0 Å². The molecule has 0 spiro atoms. The number of unbranched alkanes of at least 4 members (excludes halogenated alkanes) is 41. The summed E-state index contributed by atoms with van der Waals surface area (Å²) in [6.07, 6.45) is 66.3. The smallest absolute Gasteiger partial charge is 0.249 e. The summed E-state index contributed by atoms with van der Waals surface area (Å²) in [5.41, 5.74) is 0. The van der Waals surface area contributed by atoms with Crippen LogP contribution in [-0.4, -0.2) is 110 Å². The average Bonchev–Trinajstić information content (AvgIpc) is 3.53. The van der Waals surface area contributed by atoms with Crippen LogP contribution < -0.4 is 5.32 Å². The molecule has 0 aromatic carbocycles. The first kappa shape index (κ1) is 78.1. The summed E-state index contributed by atoms with van der Waals surface area (Å²) in [5.74, 6) is -0.707. The van der Waals surface area contributed by atoms with Crippen molar-refractivity contribution in [3.63, 3.8) is 0 Å². The number of aliphatic hydroxyl groups is 7. The Bertz CT molecular complexity index is 1470. The highest BCUT2D eigenvalue weighted by Gasteiger charge is 2.44. The number of aliphatic hydroxyl groups excluding tert-OH is 7. The van der Waals surface area contributed by atoms with Gasteiger partial charge in [-0.2, -0.15) is 0 Å². The molecular formula is C71H133NO10. The molecule has 1 fully saturated rings. The van der Waals surface area contributed by atoms with E-state index in [4.69, 9.17) is 9.47 Å². The van der Waals surface area contributed by atoms with Gasteiger partial charge in [0.2, 0.25) is 5.91 Å². The molecule has 0 aromatic heterocycles. The molecule has 0 aromatic rings. The van der Waals surface area contributed by atoms with Crippen molar-refractivity contribution in [2.24, 2.45) is 0 Å². The highest BCUT2D eigenvalue weighted by molar-refractivity contribution is 5.80. The Morgan fingerprint density at radius 2 is 0.768 bits per heavy atom. The summed E-state index contributed by atoms with van der Waals surface area (Å²) in [7, 11) is 0. The van der Waals surface area contributed by atoms with Gasteiger partial charge < -0.3 is 50.5 Å². The Hall–Kier alpha value is -1.93. The monoisotopic (exact) mass is 1160 g/mol. The van der Waals surface area contributed by atoms with Crippen molar-refractivity contribution >= 4 is 5.91 Å². The molecule has 0 saturated carbocycles. The summed E-state index contributed by atoms with van der Waals surface area (Å²) in [4.78, 5) is 13.2. The van der Waals surface area contributed by atoms with E-state index in [1.165, 1.54) is 238 Å². The molecule has 482 valence electrons. The van der Waals surface area contributed by atoms with Gasteiger partial charge in [-0.05, 0) is 83.5 Å². The van der Waals surface area contributed by atoms with E-state index in [0.717, 1.165) is 44.9 Å². The zero-order valence-corrected chi connectivity index (χ0v) is 53.2. The second kappa shape index (κ2) is 59.4. The lowest BCUT2D eigenvalue weighted by Crippen LogP contribution is -2.60. The third-order valence-electron chi connectivity index (χ3n) is 16.8. The van der Waals surface area contributed by atoms with E-state index >= 15 is 0 Å². The van der Waals surface area contributed by atoms with Crippen LogP contribution >= 0.6 is 0 Å². The van der Waals surface area contributed by atoms with Crippen LogP contribution in [0.3, 0.4) is 0 Å². The summed E-state index contributed by atoms with van der Waals surface area (Å²) in [5, 5.41) is 76.4. The molecule has 8 N–H and O–H groups in total. The van der Waals surface area contributed by atoms with Crippen molar-refractivity contribution in [2.45, 2.75) is 384 Å². The van der Waals surface area contributed by atoms with Crippen LogP contribution in [0.5, 0.6) is 0 Å². The Morgan fingerprint density at radius 1 is 0.427 bits per heavy atom. The fourth-order valence-corrected chi connectivity index (χ4v) is 11.2. The van der Waals surface area contributed by atoms with Crippen molar-refractivity contribution in [2.75, 3.05) is 13.2 Å². The number of nitrogens with one attached hydrogen (secondary N) is 1. The molecule has 1 saturated heterocycles. The van der Waals surface area contributed by atoms with Crippen molar-refractivity contribution in [3.05, 3.63) is 48.6 Å². The third kappa shape index (κ3) is 46.3. The summed E-state index contributed by atoms with van der Waals surface area (Å²) >= 11 is 0. The normalized spacial score (nSPS) is 19.4. The topological polar surface area (TPSA) is 189 Å². The minimum atomic E-state index is -1.67. The molecule has 1 aliphatic rings. The Kier molecular flexibility index (Phi) is 56.6. The minimum absolute atomic E-state index is 0.246. The van der Waals surface area contributed by atoms with E-state index < -0.39 is 74.2 Å². The average molecular weight is 1160 g/mol. The summed E-state index contributed by atoms with van der Waals surface area (Å²) in [6.45, 7) is 3.47. The van der Waals surface area contributed by atoms with Crippen LogP contribution in [-0.2, 0) is 14.3 Å². The zero-order valence-electron chi connectivity index (χ0n) is 53.2. The number of carbonyl (C=O) groups is 1. The number of hydrogen-bond donors (Lipinski definition) is 8. The molecule has 1 heterocycles. The maximum atomic E-state index is 13.2. The Morgan fingerprint density at radius 3 is 1.16 bits per heavy atom. The number of amides is 1. The van der Waals surface area contributed by atoms with Crippen LogP contribution in [0, 0.1) is 0 Å². The van der Waals surface area contributed by atoms with Crippen molar-refractivity contribution < 1.29 is 50.0 Å². The van der Waals surface area contributed by atoms with Gasteiger partial charge in [-0.15, -0.1) is 0 Å². The van der Waals surface area contributed by atoms with E-state index in [9.17, 15) is 40.5 Å². The number of allylic oxidation sites excluding steroid dienone is 8. The van der Waals surface area contributed by atoms with Crippen molar-refractivity contribution in [3.8, 4) is 0 Å². The van der Waals surface area contributed by atoms with Gasteiger partial charge in [0, 0.05) is 0 Å². The maximum Gasteiger partial charge on any atom is 0.249 e. The molecule has 0 aliphatic carbocycles. The number of ether oxygens (including phenoxy) is 2. The molecule has 11 nitrogen and oxygen atoms in total. The molecule has 0 radical (unpaired) electrons. The van der Waals surface area contributed by atoms with E-state index in [1.807, 2.05) is 0 Å². The van der Waals surface area contributed by atoms with Crippen LogP contribution in [0.25, 0.3) is 0 Å². The summed E-state index contributed by atoms with van der Waals surface area (Å²) < 4.78 is 11.2. The first-order valence-corrected chi connectivity index (χ1v) is 35.0. The van der Waals surface area contributed by atoms with Crippen LogP contribution in [0.1, 0.15) is 328 Å². The van der Waals surface area contributed by atoms with Gasteiger partial charge in [0.25, 0.3) is 0 Å². The second-order valence-electron chi connectivity index (χ2n) is 24.6. The fraction of sp³-hybridized carbons (Fsp3) is 0.873. The quantitative estimate of drug-likeness (QED) is 0.0215. The van der Waals surface area contributed by atoms with E-state index in [-0.39, 0.29) is 12.8 Å². The predicted octanol–water partition coefficient (Wildman–Crippen LogP) is 16.7. The molecule has 1 aliphatic heterocycles. The molecule has 9 unspecified atom stereocenters. The highest BCUT2D eigenvalue weighted by atomic mass is 16.7. The Balaban J connectivity index is 2.18. The lowest BCUT2D eigenvalue weighted by Gasteiger charge is -2.40. The van der Waals surface area contributed by atoms with Gasteiger partial charge in [-0.3, -0.25) is 4.79 Å². The largest absolute Gasteiger partial charge is 0.394 e. The van der Waals surface area contributed by atoms with Crippen LogP contribution in [0.15, 0.2) is 48.6 Å². The lowest BCUT2D eigenvalue weighted by atomic mass is 9.98. The second-order valence-corrected chi connectivity index (χ2v) is 24.6. The van der Waals surface area contributed by atoms with Crippen LogP contribution in [0.4, 0.5) is 0 Å². The van der Waals surface area contributed by atoms with Gasteiger partial charge in [0.05, 0.1) is 25.4 Å².